The van der Waals surface area contributed by atoms with Crippen molar-refractivity contribution in [2.24, 2.45) is 17.8 Å². The Bertz CT molecular complexity index is 218. The van der Waals surface area contributed by atoms with Crippen molar-refractivity contribution < 1.29 is 4.79 Å². The van der Waals surface area contributed by atoms with Crippen LogP contribution < -0.4 is 0 Å². The van der Waals surface area contributed by atoms with E-state index in [9.17, 15) is 4.79 Å². The maximum Gasteiger partial charge on any atom is 0.139 e. The highest BCUT2D eigenvalue weighted by molar-refractivity contribution is 9.10. The van der Waals surface area contributed by atoms with Gasteiger partial charge < -0.3 is 0 Å². The molecular formula is C9H11BrO. The van der Waals surface area contributed by atoms with Crippen molar-refractivity contribution in [2.75, 3.05) is 0 Å². The van der Waals surface area contributed by atoms with Gasteiger partial charge in [0.05, 0.1) is 0 Å². The van der Waals surface area contributed by atoms with Gasteiger partial charge in [-0.2, -0.15) is 0 Å². The van der Waals surface area contributed by atoms with Crippen molar-refractivity contribution in [1.29, 1.82) is 0 Å². The number of carbonyl (C=O) groups is 1. The molecule has 4 saturated carbocycles. The molecular weight excluding hydrogens is 204 g/mol. The van der Waals surface area contributed by atoms with Gasteiger partial charge in [-0.3, -0.25) is 4.79 Å². The number of carbonyl (C=O) groups excluding carboxylic acids is 1. The maximum atomic E-state index is 11.5. The van der Waals surface area contributed by atoms with Crippen LogP contribution in [-0.4, -0.2) is 10.1 Å². The number of halogens is 1. The predicted molar refractivity (Wildman–Crippen MR) is 45.6 cm³/mol. The van der Waals surface area contributed by atoms with E-state index in [-0.39, 0.29) is 0 Å². The lowest BCUT2D eigenvalue weighted by atomic mass is 9.81. The number of hydrogen-bond donors (Lipinski definition) is 0. The third-order valence-corrected chi connectivity index (χ3v) is 5.14. The molecule has 0 aromatic heterocycles. The number of ketones is 1. The lowest BCUT2D eigenvalue weighted by molar-refractivity contribution is -0.128. The Morgan fingerprint density at radius 3 is 2.27 bits per heavy atom. The molecule has 4 fully saturated rings. The first-order chi connectivity index (χ1) is 5.19. The van der Waals surface area contributed by atoms with E-state index in [1.165, 1.54) is 12.8 Å². The molecule has 11 heavy (non-hydrogen) atoms. The van der Waals surface area contributed by atoms with Crippen LogP contribution >= 0.6 is 15.9 Å². The zero-order valence-corrected chi connectivity index (χ0v) is 7.93. The second-order valence-corrected chi connectivity index (χ2v) is 5.99. The minimum atomic E-state index is 0.399. The fourth-order valence-corrected chi connectivity index (χ4v) is 4.53. The summed E-state index contributed by atoms with van der Waals surface area (Å²) in [6.45, 7) is 0. The van der Waals surface area contributed by atoms with Gasteiger partial charge >= 0.3 is 0 Å². The smallest absolute Gasteiger partial charge is 0.139 e. The van der Waals surface area contributed by atoms with Crippen molar-refractivity contribution in [3.63, 3.8) is 0 Å². The van der Waals surface area contributed by atoms with Crippen LogP contribution in [0.1, 0.15) is 25.7 Å². The first-order valence-corrected chi connectivity index (χ1v) is 5.21. The van der Waals surface area contributed by atoms with Gasteiger partial charge in [0.15, 0.2) is 0 Å². The Morgan fingerprint density at radius 1 is 1.27 bits per heavy atom. The van der Waals surface area contributed by atoms with Gasteiger partial charge in [-0.15, -0.1) is 0 Å². The largest absolute Gasteiger partial charge is 0.299 e. The minimum absolute atomic E-state index is 0.399. The highest BCUT2D eigenvalue weighted by atomic mass is 79.9. The minimum Gasteiger partial charge on any atom is -0.299 e. The second-order valence-electron chi connectivity index (χ2n) is 4.41. The molecule has 1 nitrogen and oxygen atoms in total. The molecule has 4 bridgehead atoms. The maximum absolute atomic E-state index is 11.5. The van der Waals surface area contributed by atoms with E-state index in [4.69, 9.17) is 0 Å². The molecule has 60 valence electrons. The summed E-state index contributed by atoms with van der Waals surface area (Å²) in [5, 5.41) is 0. The number of alkyl halides is 1. The third-order valence-electron chi connectivity index (χ3n) is 3.85. The van der Waals surface area contributed by atoms with Gasteiger partial charge in [-0.25, -0.2) is 0 Å². The van der Waals surface area contributed by atoms with Crippen molar-refractivity contribution in [2.45, 2.75) is 30.0 Å². The molecule has 4 aliphatic rings. The van der Waals surface area contributed by atoms with Crippen LogP contribution in [0, 0.1) is 17.8 Å². The molecule has 0 radical (unpaired) electrons. The van der Waals surface area contributed by atoms with Gasteiger partial charge in [0.2, 0.25) is 0 Å². The first-order valence-electron chi connectivity index (χ1n) is 4.42. The van der Waals surface area contributed by atoms with E-state index in [1.54, 1.807) is 0 Å². The topological polar surface area (TPSA) is 17.1 Å². The quantitative estimate of drug-likeness (QED) is 0.566. The highest BCUT2D eigenvalue weighted by Gasteiger charge is 2.60. The SMILES string of the molecule is O=C1C2CC3CC1CC3(Br)C2. The zero-order chi connectivity index (χ0) is 7.64. The van der Waals surface area contributed by atoms with Gasteiger partial charge in [-0.05, 0) is 31.6 Å². The Hall–Kier alpha value is 0.150. The third kappa shape index (κ3) is 0.652. The van der Waals surface area contributed by atoms with Crippen molar-refractivity contribution in [3.8, 4) is 0 Å². The van der Waals surface area contributed by atoms with E-state index in [2.05, 4.69) is 15.9 Å². The average Bonchev–Trinajstić information content (AvgIpc) is 2.31. The fourth-order valence-electron chi connectivity index (χ4n) is 3.37. The molecule has 4 aliphatic carbocycles. The van der Waals surface area contributed by atoms with Gasteiger partial charge in [0, 0.05) is 16.2 Å². The fraction of sp³-hybridized carbons (Fsp3) is 0.889. The van der Waals surface area contributed by atoms with E-state index >= 15 is 0 Å². The summed E-state index contributed by atoms with van der Waals surface area (Å²) in [7, 11) is 0. The van der Waals surface area contributed by atoms with E-state index in [0.717, 1.165) is 18.8 Å². The lowest BCUT2D eigenvalue weighted by Gasteiger charge is -2.26. The van der Waals surface area contributed by atoms with Crippen LogP contribution in [0.15, 0.2) is 0 Å². The van der Waals surface area contributed by atoms with E-state index < -0.39 is 0 Å². The zero-order valence-electron chi connectivity index (χ0n) is 6.35. The molecule has 2 atom stereocenters. The molecule has 0 aromatic carbocycles. The summed E-state index contributed by atoms with van der Waals surface area (Å²) in [6.07, 6.45) is 4.63. The molecule has 0 saturated heterocycles. The lowest BCUT2D eigenvalue weighted by Crippen LogP contribution is -2.29. The van der Waals surface area contributed by atoms with E-state index in [0.29, 0.717) is 21.9 Å². The molecule has 0 N–H and O–H groups in total. The highest BCUT2D eigenvalue weighted by Crippen LogP contribution is 2.62. The van der Waals surface area contributed by atoms with Crippen molar-refractivity contribution in [3.05, 3.63) is 0 Å². The molecule has 2 unspecified atom stereocenters. The first kappa shape index (κ1) is 6.64. The Kier molecular flexibility index (Phi) is 1.05. The summed E-state index contributed by atoms with van der Waals surface area (Å²) in [6, 6.07) is 0. The van der Waals surface area contributed by atoms with Crippen molar-refractivity contribution >= 4 is 21.7 Å². The standard InChI is InChI=1S/C9H11BrO/c10-9-3-5-1-7(9)2-6(4-9)8(5)11/h5-7H,1-4H2. The molecule has 0 aliphatic heterocycles. The van der Waals surface area contributed by atoms with E-state index in [1.807, 2.05) is 0 Å². The average molecular weight is 215 g/mol. The summed E-state index contributed by atoms with van der Waals surface area (Å²) >= 11 is 3.82. The van der Waals surface area contributed by atoms with Gasteiger partial charge in [0.25, 0.3) is 0 Å². The van der Waals surface area contributed by atoms with Crippen LogP contribution in [0.25, 0.3) is 0 Å². The number of rotatable bonds is 0. The Balaban J connectivity index is 2.08. The van der Waals surface area contributed by atoms with Crippen LogP contribution in [0.5, 0.6) is 0 Å². The molecule has 2 heteroatoms. The molecule has 0 amide bonds. The van der Waals surface area contributed by atoms with Gasteiger partial charge in [-0.1, -0.05) is 15.9 Å². The molecule has 0 spiro atoms. The van der Waals surface area contributed by atoms with Crippen LogP contribution in [-0.2, 0) is 4.79 Å². The van der Waals surface area contributed by atoms with Gasteiger partial charge in [0.1, 0.15) is 5.78 Å². The number of hydrogen-bond acceptors (Lipinski definition) is 1. The second kappa shape index (κ2) is 1.73. The van der Waals surface area contributed by atoms with Crippen LogP contribution in [0.3, 0.4) is 0 Å². The monoisotopic (exact) mass is 214 g/mol. The van der Waals surface area contributed by atoms with Crippen molar-refractivity contribution in [1.82, 2.24) is 0 Å². The number of Topliss-reactive ketones (excluding diaryl/α,β-unsaturated/α-hetero) is 1. The molecule has 4 rings (SSSR count). The summed E-state index contributed by atoms with van der Waals surface area (Å²) in [5.74, 6) is 2.28. The Labute approximate surface area is 74.7 Å². The Morgan fingerprint density at radius 2 is 1.82 bits per heavy atom. The molecule has 0 aromatic rings. The summed E-state index contributed by atoms with van der Waals surface area (Å²) in [5.41, 5.74) is 0. The predicted octanol–water partition coefficient (Wildman–Crippen LogP) is 2.14. The molecule has 0 heterocycles. The van der Waals surface area contributed by atoms with Crippen LogP contribution in [0.2, 0.25) is 0 Å². The normalized spacial score (nSPS) is 59.4. The summed E-state index contributed by atoms with van der Waals surface area (Å²) in [4.78, 5) is 11.5. The summed E-state index contributed by atoms with van der Waals surface area (Å²) < 4.78 is 0.399. The van der Waals surface area contributed by atoms with Crippen LogP contribution in [0.4, 0.5) is 0 Å².